The van der Waals surface area contributed by atoms with Crippen LogP contribution in [0.3, 0.4) is 0 Å². The van der Waals surface area contributed by atoms with Crippen LogP contribution in [0.2, 0.25) is 0 Å². The zero-order valence-corrected chi connectivity index (χ0v) is 12.0. The van der Waals surface area contributed by atoms with Crippen LogP contribution in [-0.2, 0) is 17.6 Å². The van der Waals surface area contributed by atoms with Crippen molar-refractivity contribution in [2.24, 2.45) is 0 Å². The van der Waals surface area contributed by atoms with E-state index in [4.69, 9.17) is 0 Å². The summed E-state index contributed by atoms with van der Waals surface area (Å²) in [5.41, 5.74) is 2.59. The molecule has 1 saturated heterocycles. The third-order valence-electron chi connectivity index (χ3n) is 4.47. The first-order chi connectivity index (χ1) is 10.2. The molecule has 2 aliphatic rings. The number of carboxylic acid groups (broad SMARTS) is 1. The van der Waals surface area contributed by atoms with E-state index in [0.717, 1.165) is 19.3 Å². The molecule has 0 saturated carbocycles. The lowest BCUT2D eigenvalue weighted by Gasteiger charge is -2.29. The molecule has 1 aromatic carbocycles. The Bertz CT molecular complexity index is 531. The number of benzene rings is 1. The summed E-state index contributed by atoms with van der Waals surface area (Å²) in [5, 5.41) is 9.22. The minimum atomic E-state index is -0.890. The second kappa shape index (κ2) is 5.76. The standard InChI is InChI=1S/C16H20N2O3/c19-15(20)14-6-3-9-18(14)16(21)17-10-7-12-4-1-2-5-13(12)8-11-17/h1-2,4-5,14H,3,6-11H2,(H,19,20)/t14-/m0/s1. The van der Waals surface area contributed by atoms with Gasteiger partial charge in [-0.1, -0.05) is 24.3 Å². The van der Waals surface area contributed by atoms with E-state index in [9.17, 15) is 14.7 Å². The molecule has 1 fully saturated rings. The van der Waals surface area contributed by atoms with Gasteiger partial charge in [0.15, 0.2) is 0 Å². The zero-order chi connectivity index (χ0) is 14.8. The summed E-state index contributed by atoms with van der Waals surface area (Å²) in [6, 6.07) is 7.50. The van der Waals surface area contributed by atoms with Gasteiger partial charge in [0, 0.05) is 19.6 Å². The number of likely N-dealkylation sites (tertiary alicyclic amines) is 1. The molecule has 2 aliphatic heterocycles. The maximum atomic E-state index is 12.6. The smallest absolute Gasteiger partial charge is 0.326 e. The molecule has 2 heterocycles. The van der Waals surface area contributed by atoms with Gasteiger partial charge < -0.3 is 14.9 Å². The summed E-state index contributed by atoms with van der Waals surface area (Å²) in [4.78, 5) is 27.2. The van der Waals surface area contributed by atoms with E-state index in [0.29, 0.717) is 26.1 Å². The average Bonchev–Trinajstić information content (AvgIpc) is 2.88. The van der Waals surface area contributed by atoms with Gasteiger partial charge in [-0.25, -0.2) is 9.59 Å². The second-order valence-corrected chi connectivity index (χ2v) is 5.73. The van der Waals surface area contributed by atoms with Crippen LogP contribution in [0, 0.1) is 0 Å². The number of amides is 2. The Morgan fingerprint density at radius 2 is 1.67 bits per heavy atom. The molecule has 0 unspecified atom stereocenters. The Hall–Kier alpha value is -2.04. The second-order valence-electron chi connectivity index (χ2n) is 5.73. The molecule has 0 spiro atoms. The van der Waals surface area contributed by atoms with Crippen molar-refractivity contribution < 1.29 is 14.7 Å². The monoisotopic (exact) mass is 288 g/mol. The summed E-state index contributed by atoms with van der Waals surface area (Å²) in [6.07, 6.45) is 3.02. The highest BCUT2D eigenvalue weighted by molar-refractivity contribution is 5.83. The lowest BCUT2D eigenvalue weighted by molar-refractivity contribution is -0.141. The molecule has 0 aliphatic carbocycles. The molecule has 3 rings (SSSR count). The molecule has 5 nitrogen and oxygen atoms in total. The first kappa shape index (κ1) is 13.9. The van der Waals surface area contributed by atoms with Gasteiger partial charge in [0.05, 0.1) is 0 Å². The number of carbonyl (C=O) groups excluding carboxylic acids is 1. The Morgan fingerprint density at radius 1 is 1.05 bits per heavy atom. The van der Waals surface area contributed by atoms with Crippen molar-refractivity contribution in [1.82, 2.24) is 9.80 Å². The van der Waals surface area contributed by atoms with Gasteiger partial charge in [-0.2, -0.15) is 0 Å². The quantitative estimate of drug-likeness (QED) is 0.856. The fourth-order valence-corrected chi connectivity index (χ4v) is 3.29. The first-order valence-electron chi connectivity index (χ1n) is 7.52. The van der Waals surface area contributed by atoms with E-state index < -0.39 is 12.0 Å². The maximum Gasteiger partial charge on any atom is 0.326 e. The van der Waals surface area contributed by atoms with Crippen LogP contribution in [0.25, 0.3) is 0 Å². The van der Waals surface area contributed by atoms with Gasteiger partial charge >= 0.3 is 12.0 Å². The first-order valence-corrected chi connectivity index (χ1v) is 7.52. The van der Waals surface area contributed by atoms with Crippen LogP contribution in [0.15, 0.2) is 24.3 Å². The highest BCUT2D eigenvalue weighted by Crippen LogP contribution is 2.21. The minimum absolute atomic E-state index is 0.118. The van der Waals surface area contributed by atoms with E-state index in [-0.39, 0.29) is 6.03 Å². The van der Waals surface area contributed by atoms with Gasteiger partial charge in [-0.15, -0.1) is 0 Å². The summed E-state index contributed by atoms with van der Waals surface area (Å²) < 4.78 is 0. The number of fused-ring (bicyclic) bond motifs is 1. The van der Waals surface area contributed by atoms with E-state index >= 15 is 0 Å². The van der Waals surface area contributed by atoms with Crippen LogP contribution in [0.4, 0.5) is 4.79 Å². The van der Waals surface area contributed by atoms with Gasteiger partial charge in [-0.05, 0) is 36.8 Å². The highest BCUT2D eigenvalue weighted by atomic mass is 16.4. The van der Waals surface area contributed by atoms with Crippen molar-refractivity contribution in [3.63, 3.8) is 0 Å². The zero-order valence-electron chi connectivity index (χ0n) is 12.0. The van der Waals surface area contributed by atoms with Crippen molar-refractivity contribution in [2.75, 3.05) is 19.6 Å². The van der Waals surface area contributed by atoms with Gasteiger partial charge in [-0.3, -0.25) is 0 Å². The molecule has 1 N–H and O–H groups in total. The molecular formula is C16H20N2O3. The molecule has 5 heteroatoms. The molecule has 0 aromatic heterocycles. The molecule has 0 radical (unpaired) electrons. The molecule has 2 amide bonds. The van der Waals surface area contributed by atoms with Crippen LogP contribution in [-0.4, -0.2) is 52.6 Å². The number of urea groups is 1. The van der Waals surface area contributed by atoms with E-state index in [2.05, 4.69) is 12.1 Å². The van der Waals surface area contributed by atoms with Crippen molar-refractivity contribution in [1.29, 1.82) is 0 Å². The number of aliphatic carboxylic acids is 1. The number of hydrogen-bond acceptors (Lipinski definition) is 2. The highest BCUT2D eigenvalue weighted by Gasteiger charge is 2.36. The van der Waals surface area contributed by atoms with Crippen LogP contribution in [0.5, 0.6) is 0 Å². The maximum absolute atomic E-state index is 12.6. The SMILES string of the molecule is O=C(O)[C@@H]1CCCN1C(=O)N1CCc2ccccc2CC1. The summed E-state index contributed by atoms with van der Waals surface area (Å²) >= 11 is 0. The van der Waals surface area contributed by atoms with E-state index in [1.165, 1.54) is 16.0 Å². The number of carboxylic acids is 1. The third kappa shape index (κ3) is 2.73. The van der Waals surface area contributed by atoms with Crippen LogP contribution >= 0.6 is 0 Å². The van der Waals surface area contributed by atoms with Crippen molar-refractivity contribution >= 4 is 12.0 Å². The van der Waals surface area contributed by atoms with Crippen LogP contribution in [0.1, 0.15) is 24.0 Å². The Labute approximate surface area is 124 Å². The molecular weight excluding hydrogens is 268 g/mol. The third-order valence-corrected chi connectivity index (χ3v) is 4.47. The van der Waals surface area contributed by atoms with Gasteiger partial charge in [0.1, 0.15) is 6.04 Å². The molecule has 21 heavy (non-hydrogen) atoms. The fourth-order valence-electron chi connectivity index (χ4n) is 3.29. The van der Waals surface area contributed by atoms with Crippen molar-refractivity contribution in [3.8, 4) is 0 Å². The lowest BCUT2D eigenvalue weighted by Crippen LogP contribution is -2.48. The summed E-state index contributed by atoms with van der Waals surface area (Å²) in [7, 11) is 0. The number of rotatable bonds is 1. The topological polar surface area (TPSA) is 60.9 Å². The fraction of sp³-hybridized carbons (Fsp3) is 0.500. The van der Waals surface area contributed by atoms with E-state index in [1.807, 2.05) is 12.1 Å². The molecule has 1 atom stereocenters. The summed E-state index contributed by atoms with van der Waals surface area (Å²) in [5.74, 6) is -0.890. The molecule has 0 bridgehead atoms. The minimum Gasteiger partial charge on any atom is -0.480 e. The lowest BCUT2D eigenvalue weighted by atomic mass is 10.0. The largest absolute Gasteiger partial charge is 0.480 e. The van der Waals surface area contributed by atoms with E-state index in [1.54, 1.807) is 4.90 Å². The predicted octanol–water partition coefficient (Wildman–Crippen LogP) is 1.76. The molecule has 1 aromatic rings. The predicted molar refractivity (Wildman–Crippen MR) is 78.2 cm³/mol. The Balaban J connectivity index is 1.71. The number of carbonyl (C=O) groups is 2. The normalized spacial score (nSPS) is 21.8. The average molecular weight is 288 g/mol. The molecule has 112 valence electrons. The van der Waals surface area contributed by atoms with Crippen molar-refractivity contribution in [2.45, 2.75) is 31.7 Å². The number of hydrogen-bond donors (Lipinski definition) is 1. The van der Waals surface area contributed by atoms with Crippen LogP contribution < -0.4 is 0 Å². The summed E-state index contributed by atoms with van der Waals surface area (Å²) in [6.45, 7) is 1.89. The van der Waals surface area contributed by atoms with Gasteiger partial charge in [0.25, 0.3) is 0 Å². The van der Waals surface area contributed by atoms with Gasteiger partial charge in [0.2, 0.25) is 0 Å². The Kier molecular flexibility index (Phi) is 3.82. The Morgan fingerprint density at radius 3 is 2.24 bits per heavy atom. The number of nitrogens with zero attached hydrogens (tertiary/aromatic N) is 2. The van der Waals surface area contributed by atoms with Crippen molar-refractivity contribution in [3.05, 3.63) is 35.4 Å².